The highest BCUT2D eigenvalue weighted by atomic mass is 32.2. The largest absolute Gasteiger partial charge is 0.243 e. The van der Waals surface area contributed by atoms with Crippen LogP contribution in [0.5, 0.6) is 0 Å². The molecule has 5 nitrogen and oxygen atoms in total. The van der Waals surface area contributed by atoms with E-state index in [1.54, 1.807) is 12.1 Å². The van der Waals surface area contributed by atoms with Gasteiger partial charge in [-0.3, -0.25) is 0 Å². The number of sulfonamides is 1. The molecule has 0 radical (unpaired) electrons. The van der Waals surface area contributed by atoms with Crippen LogP contribution in [-0.2, 0) is 23.1 Å². The van der Waals surface area contributed by atoms with Crippen molar-refractivity contribution in [1.29, 1.82) is 0 Å². The topological polar surface area (TPSA) is 55.2 Å². The SMILES string of the molecule is Cc1ccc(S(=O)(=O)N(Cc2ccccc2)Cc2cn(-c3ccccc3)nc2-c2ccccc2)cc1. The first kappa shape index (κ1) is 23.7. The number of aromatic nitrogens is 2. The average Bonchev–Trinajstić information content (AvgIpc) is 3.34. The summed E-state index contributed by atoms with van der Waals surface area (Å²) in [6, 6.07) is 36.4. The second kappa shape index (κ2) is 10.3. The lowest BCUT2D eigenvalue weighted by Gasteiger charge is -2.22. The molecule has 0 aliphatic heterocycles. The van der Waals surface area contributed by atoms with E-state index < -0.39 is 10.0 Å². The summed E-state index contributed by atoms with van der Waals surface area (Å²) in [4.78, 5) is 0.278. The van der Waals surface area contributed by atoms with Crippen molar-refractivity contribution in [3.63, 3.8) is 0 Å². The number of benzene rings is 4. The maximum Gasteiger partial charge on any atom is 0.243 e. The lowest BCUT2D eigenvalue weighted by atomic mass is 10.1. The van der Waals surface area contributed by atoms with Crippen molar-refractivity contribution in [3.05, 3.63) is 138 Å². The first-order valence-electron chi connectivity index (χ1n) is 11.8. The molecule has 180 valence electrons. The smallest absolute Gasteiger partial charge is 0.240 e. The molecule has 0 aliphatic rings. The van der Waals surface area contributed by atoms with Crippen LogP contribution in [0.3, 0.4) is 0 Å². The summed E-state index contributed by atoms with van der Waals surface area (Å²) in [7, 11) is -3.77. The van der Waals surface area contributed by atoms with E-state index in [0.29, 0.717) is 0 Å². The Bertz CT molecular complexity index is 1530. The number of aryl methyl sites for hydroxylation is 1. The van der Waals surface area contributed by atoms with Gasteiger partial charge >= 0.3 is 0 Å². The lowest BCUT2D eigenvalue weighted by molar-refractivity contribution is 0.401. The summed E-state index contributed by atoms with van der Waals surface area (Å²) in [6.07, 6.45) is 1.93. The molecule has 5 aromatic rings. The van der Waals surface area contributed by atoms with E-state index in [1.807, 2.05) is 121 Å². The molecule has 0 spiro atoms. The zero-order valence-electron chi connectivity index (χ0n) is 20.0. The van der Waals surface area contributed by atoms with Crippen LogP contribution in [0.2, 0.25) is 0 Å². The van der Waals surface area contributed by atoms with Gasteiger partial charge in [0.2, 0.25) is 10.0 Å². The molecule has 0 N–H and O–H groups in total. The zero-order chi connectivity index (χ0) is 25.0. The Morgan fingerprint density at radius 3 is 1.94 bits per heavy atom. The Kier molecular flexibility index (Phi) is 6.80. The van der Waals surface area contributed by atoms with Crippen molar-refractivity contribution in [2.45, 2.75) is 24.9 Å². The van der Waals surface area contributed by atoms with Gasteiger partial charge in [-0.2, -0.15) is 9.40 Å². The molecule has 4 aromatic carbocycles. The molecule has 0 saturated carbocycles. The van der Waals surface area contributed by atoms with Crippen LogP contribution in [0, 0.1) is 6.92 Å². The van der Waals surface area contributed by atoms with Crippen LogP contribution < -0.4 is 0 Å². The Morgan fingerprint density at radius 2 is 1.31 bits per heavy atom. The van der Waals surface area contributed by atoms with E-state index in [0.717, 1.165) is 33.6 Å². The summed E-state index contributed by atoms with van der Waals surface area (Å²) < 4.78 is 31.1. The van der Waals surface area contributed by atoms with Gasteiger partial charge < -0.3 is 0 Å². The minimum atomic E-state index is -3.77. The minimum absolute atomic E-state index is 0.183. The van der Waals surface area contributed by atoms with Gasteiger partial charge in [0.25, 0.3) is 0 Å². The first-order valence-corrected chi connectivity index (χ1v) is 13.2. The summed E-state index contributed by atoms with van der Waals surface area (Å²) in [6.45, 7) is 2.38. The molecule has 0 saturated heterocycles. The number of nitrogens with zero attached hydrogens (tertiary/aromatic N) is 3. The summed E-state index contributed by atoms with van der Waals surface area (Å²) in [5.41, 5.74) is 5.38. The van der Waals surface area contributed by atoms with Gasteiger partial charge in [-0.25, -0.2) is 13.1 Å². The Labute approximate surface area is 212 Å². The molecule has 0 atom stereocenters. The number of hydrogen-bond donors (Lipinski definition) is 0. The van der Waals surface area contributed by atoms with Crippen LogP contribution in [0.4, 0.5) is 0 Å². The fourth-order valence-corrected chi connectivity index (χ4v) is 5.55. The zero-order valence-corrected chi connectivity index (χ0v) is 20.8. The quantitative estimate of drug-likeness (QED) is 0.257. The molecular weight excluding hydrogens is 466 g/mol. The minimum Gasteiger partial charge on any atom is -0.240 e. The molecule has 36 heavy (non-hydrogen) atoms. The van der Waals surface area contributed by atoms with Crippen molar-refractivity contribution in [3.8, 4) is 16.9 Å². The Morgan fingerprint density at radius 1 is 0.722 bits per heavy atom. The maximum atomic E-state index is 13.9. The van der Waals surface area contributed by atoms with Crippen LogP contribution in [0.15, 0.2) is 126 Å². The predicted molar refractivity (Wildman–Crippen MR) is 143 cm³/mol. The first-order chi connectivity index (χ1) is 17.5. The van der Waals surface area contributed by atoms with E-state index in [9.17, 15) is 8.42 Å². The van der Waals surface area contributed by atoms with E-state index in [-0.39, 0.29) is 18.0 Å². The number of rotatable bonds is 8. The third kappa shape index (κ3) is 5.15. The second-order valence-corrected chi connectivity index (χ2v) is 10.7. The highest BCUT2D eigenvalue weighted by Gasteiger charge is 2.27. The maximum absolute atomic E-state index is 13.9. The van der Waals surface area contributed by atoms with Crippen molar-refractivity contribution in [2.75, 3.05) is 0 Å². The van der Waals surface area contributed by atoms with Gasteiger partial charge in [0.1, 0.15) is 0 Å². The average molecular weight is 494 g/mol. The summed E-state index contributed by atoms with van der Waals surface area (Å²) in [5.74, 6) is 0. The Balaban J connectivity index is 1.60. The standard InChI is InChI=1S/C30H27N3O2S/c1-24-17-19-29(20-18-24)36(34,35)32(21-25-11-5-2-6-12-25)22-27-23-33(28-15-9-4-10-16-28)31-30(27)26-13-7-3-8-14-26/h2-20,23H,21-22H2,1H3. The van der Waals surface area contributed by atoms with Gasteiger partial charge in [-0.05, 0) is 36.8 Å². The van der Waals surface area contributed by atoms with Gasteiger partial charge in [-0.1, -0.05) is 96.6 Å². The molecule has 0 bridgehead atoms. The van der Waals surface area contributed by atoms with Crippen LogP contribution in [-0.4, -0.2) is 22.5 Å². The molecule has 6 heteroatoms. The summed E-state index contributed by atoms with van der Waals surface area (Å²) in [5, 5.41) is 4.87. The predicted octanol–water partition coefficient (Wildman–Crippen LogP) is 6.24. The fraction of sp³-hybridized carbons (Fsp3) is 0.100. The van der Waals surface area contributed by atoms with Gasteiger partial charge in [0.05, 0.1) is 16.3 Å². The molecule has 0 unspecified atom stereocenters. The highest BCUT2D eigenvalue weighted by molar-refractivity contribution is 7.89. The van der Waals surface area contributed by atoms with E-state index in [2.05, 4.69) is 0 Å². The third-order valence-electron chi connectivity index (χ3n) is 6.07. The molecule has 1 aromatic heterocycles. The van der Waals surface area contributed by atoms with Crippen LogP contribution >= 0.6 is 0 Å². The van der Waals surface area contributed by atoms with E-state index in [4.69, 9.17) is 5.10 Å². The number of para-hydroxylation sites is 1. The molecule has 1 heterocycles. The fourth-order valence-electron chi connectivity index (χ4n) is 4.14. The van der Waals surface area contributed by atoms with Crippen molar-refractivity contribution in [1.82, 2.24) is 14.1 Å². The Hall–Kier alpha value is -4.00. The molecule has 0 amide bonds. The number of hydrogen-bond acceptors (Lipinski definition) is 3. The second-order valence-electron chi connectivity index (χ2n) is 8.72. The van der Waals surface area contributed by atoms with Gasteiger partial charge in [0, 0.05) is 30.4 Å². The van der Waals surface area contributed by atoms with Crippen molar-refractivity contribution >= 4 is 10.0 Å². The molecular formula is C30H27N3O2S. The highest BCUT2D eigenvalue weighted by Crippen LogP contribution is 2.28. The van der Waals surface area contributed by atoms with Gasteiger partial charge in [0.15, 0.2) is 0 Å². The van der Waals surface area contributed by atoms with Crippen molar-refractivity contribution in [2.24, 2.45) is 0 Å². The van der Waals surface area contributed by atoms with E-state index in [1.165, 1.54) is 4.31 Å². The van der Waals surface area contributed by atoms with Crippen LogP contribution in [0.25, 0.3) is 16.9 Å². The normalized spacial score (nSPS) is 11.6. The summed E-state index contributed by atoms with van der Waals surface area (Å²) >= 11 is 0. The van der Waals surface area contributed by atoms with E-state index >= 15 is 0 Å². The molecule has 0 fully saturated rings. The third-order valence-corrected chi connectivity index (χ3v) is 7.87. The van der Waals surface area contributed by atoms with Gasteiger partial charge in [-0.15, -0.1) is 0 Å². The molecule has 5 rings (SSSR count). The van der Waals surface area contributed by atoms with Crippen molar-refractivity contribution < 1.29 is 8.42 Å². The lowest BCUT2D eigenvalue weighted by Crippen LogP contribution is -2.30. The molecule has 0 aliphatic carbocycles. The van der Waals surface area contributed by atoms with Crippen LogP contribution in [0.1, 0.15) is 16.7 Å². The monoisotopic (exact) mass is 493 g/mol.